The summed E-state index contributed by atoms with van der Waals surface area (Å²) < 4.78 is 7.76. The highest BCUT2D eigenvalue weighted by Crippen LogP contribution is 2.23. The zero-order chi connectivity index (χ0) is 16.5. The summed E-state index contributed by atoms with van der Waals surface area (Å²) in [6, 6.07) is 9.82. The number of aromatic nitrogens is 4. The van der Waals surface area contributed by atoms with E-state index in [-0.39, 0.29) is 6.10 Å². The third kappa shape index (κ3) is 2.83. The van der Waals surface area contributed by atoms with Gasteiger partial charge in [-0.05, 0) is 18.2 Å². The first-order chi connectivity index (χ1) is 11.7. The number of nitrogen functional groups attached to an aromatic ring is 1. The lowest BCUT2D eigenvalue weighted by molar-refractivity contribution is -0.0373. The van der Waals surface area contributed by atoms with E-state index >= 15 is 0 Å². The second-order valence-corrected chi connectivity index (χ2v) is 6.02. The molecule has 2 aromatic heterocycles. The minimum absolute atomic E-state index is 0.0176. The van der Waals surface area contributed by atoms with Crippen molar-refractivity contribution >= 4 is 16.7 Å². The second-order valence-electron chi connectivity index (χ2n) is 6.02. The van der Waals surface area contributed by atoms with Gasteiger partial charge in [-0.25, -0.2) is 9.97 Å². The highest BCUT2D eigenvalue weighted by Gasteiger charge is 2.24. The number of hydrogen-bond donors (Lipinski definition) is 1. The zero-order valence-corrected chi connectivity index (χ0v) is 13.6. The van der Waals surface area contributed by atoms with Crippen molar-refractivity contribution in [1.29, 1.82) is 0 Å². The van der Waals surface area contributed by atoms with E-state index in [2.05, 4.69) is 20.0 Å². The Kier molecular flexibility index (Phi) is 3.87. The van der Waals surface area contributed by atoms with Crippen LogP contribution in [-0.4, -0.2) is 44.3 Å². The van der Waals surface area contributed by atoms with Gasteiger partial charge < -0.3 is 10.5 Å². The summed E-state index contributed by atoms with van der Waals surface area (Å²) in [6.45, 7) is 2.98. The predicted octanol–water partition coefficient (Wildman–Crippen LogP) is 1.52. The van der Waals surface area contributed by atoms with Crippen molar-refractivity contribution in [3.63, 3.8) is 0 Å². The molecule has 0 radical (unpaired) electrons. The molecule has 1 fully saturated rings. The topological polar surface area (TPSA) is 82.1 Å². The number of morpholine rings is 1. The molecule has 7 heteroatoms. The van der Waals surface area contributed by atoms with E-state index < -0.39 is 0 Å². The SMILES string of the molecule is Cn1nccc1C1CN(Cc2nc(N)c3ccccc3n2)CCO1. The fourth-order valence-corrected chi connectivity index (χ4v) is 3.15. The van der Waals surface area contributed by atoms with Crippen LogP contribution >= 0.6 is 0 Å². The summed E-state index contributed by atoms with van der Waals surface area (Å²) in [6.07, 6.45) is 1.81. The smallest absolute Gasteiger partial charge is 0.145 e. The first kappa shape index (κ1) is 15.0. The van der Waals surface area contributed by atoms with Gasteiger partial charge in [0.05, 0.1) is 24.4 Å². The Morgan fingerprint density at radius 3 is 2.96 bits per heavy atom. The Morgan fingerprint density at radius 2 is 2.12 bits per heavy atom. The molecule has 1 aliphatic rings. The maximum Gasteiger partial charge on any atom is 0.145 e. The van der Waals surface area contributed by atoms with Gasteiger partial charge in [0, 0.05) is 31.7 Å². The van der Waals surface area contributed by atoms with Crippen molar-refractivity contribution in [2.45, 2.75) is 12.6 Å². The third-order valence-electron chi connectivity index (χ3n) is 4.38. The molecule has 1 saturated heterocycles. The van der Waals surface area contributed by atoms with Gasteiger partial charge in [0.15, 0.2) is 0 Å². The molecule has 3 aromatic rings. The van der Waals surface area contributed by atoms with Crippen LogP contribution in [0.1, 0.15) is 17.6 Å². The number of nitrogens with zero attached hydrogens (tertiary/aromatic N) is 5. The fourth-order valence-electron chi connectivity index (χ4n) is 3.15. The molecule has 0 aliphatic carbocycles. The van der Waals surface area contributed by atoms with Gasteiger partial charge in [-0.2, -0.15) is 5.10 Å². The fraction of sp³-hybridized carbons (Fsp3) is 0.353. The minimum atomic E-state index is 0.0176. The number of rotatable bonds is 3. The third-order valence-corrected chi connectivity index (χ3v) is 4.38. The number of anilines is 1. The number of para-hydroxylation sites is 1. The summed E-state index contributed by atoms with van der Waals surface area (Å²) >= 11 is 0. The maximum absolute atomic E-state index is 6.08. The lowest BCUT2D eigenvalue weighted by Crippen LogP contribution is -2.38. The Morgan fingerprint density at radius 1 is 1.25 bits per heavy atom. The Balaban J connectivity index is 1.54. The molecule has 0 amide bonds. The number of ether oxygens (including phenoxy) is 1. The Labute approximate surface area is 140 Å². The Hall–Kier alpha value is -2.51. The van der Waals surface area contributed by atoms with Gasteiger partial charge >= 0.3 is 0 Å². The van der Waals surface area contributed by atoms with Crippen molar-refractivity contribution < 1.29 is 4.74 Å². The van der Waals surface area contributed by atoms with Crippen LogP contribution in [0.4, 0.5) is 5.82 Å². The summed E-state index contributed by atoms with van der Waals surface area (Å²) in [5.41, 5.74) is 8.05. The van der Waals surface area contributed by atoms with E-state index in [0.717, 1.165) is 35.5 Å². The molecular weight excluding hydrogens is 304 g/mol. The monoisotopic (exact) mass is 324 g/mol. The number of nitrogens with two attached hydrogens (primary N) is 1. The molecule has 0 spiro atoms. The van der Waals surface area contributed by atoms with E-state index in [0.29, 0.717) is 19.0 Å². The zero-order valence-electron chi connectivity index (χ0n) is 13.6. The Bertz CT molecular complexity index is 861. The molecule has 24 heavy (non-hydrogen) atoms. The van der Waals surface area contributed by atoms with Crippen molar-refractivity contribution in [2.24, 2.45) is 7.05 Å². The molecule has 7 nitrogen and oxygen atoms in total. The summed E-state index contributed by atoms with van der Waals surface area (Å²) in [4.78, 5) is 11.4. The van der Waals surface area contributed by atoms with Gasteiger partial charge in [-0.1, -0.05) is 12.1 Å². The van der Waals surface area contributed by atoms with Crippen molar-refractivity contribution in [1.82, 2.24) is 24.6 Å². The van der Waals surface area contributed by atoms with E-state index in [1.807, 2.05) is 42.1 Å². The lowest BCUT2D eigenvalue weighted by Gasteiger charge is -2.32. The highest BCUT2D eigenvalue weighted by molar-refractivity contribution is 5.87. The summed E-state index contributed by atoms with van der Waals surface area (Å²) in [5.74, 6) is 1.28. The van der Waals surface area contributed by atoms with Gasteiger partial charge in [-0.3, -0.25) is 9.58 Å². The van der Waals surface area contributed by atoms with Crippen LogP contribution < -0.4 is 5.73 Å². The molecule has 0 saturated carbocycles. The first-order valence-electron chi connectivity index (χ1n) is 8.04. The lowest BCUT2D eigenvalue weighted by atomic mass is 10.2. The van der Waals surface area contributed by atoms with Crippen LogP contribution in [-0.2, 0) is 18.3 Å². The molecule has 2 N–H and O–H groups in total. The van der Waals surface area contributed by atoms with Crippen molar-refractivity contribution in [3.05, 3.63) is 48.0 Å². The minimum Gasteiger partial charge on any atom is -0.383 e. The van der Waals surface area contributed by atoms with Crippen LogP contribution in [0.5, 0.6) is 0 Å². The normalized spacial score (nSPS) is 19.0. The molecular formula is C17H20N6O. The average molecular weight is 324 g/mol. The van der Waals surface area contributed by atoms with E-state index in [1.165, 1.54) is 0 Å². The quantitative estimate of drug-likeness (QED) is 0.786. The van der Waals surface area contributed by atoms with Crippen molar-refractivity contribution in [3.8, 4) is 0 Å². The number of aryl methyl sites for hydroxylation is 1. The molecule has 1 aliphatic heterocycles. The molecule has 1 atom stereocenters. The van der Waals surface area contributed by atoms with Crippen LogP contribution in [0.25, 0.3) is 10.9 Å². The van der Waals surface area contributed by atoms with Gasteiger partial charge in [0.2, 0.25) is 0 Å². The van der Waals surface area contributed by atoms with Gasteiger partial charge in [0.25, 0.3) is 0 Å². The molecule has 4 rings (SSSR count). The van der Waals surface area contributed by atoms with Crippen LogP contribution in [0.3, 0.4) is 0 Å². The molecule has 124 valence electrons. The molecule has 1 unspecified atom stereocenters. The van der Waals surface area contributed by atoms with Gasteiger partial charge in [0.1, 0.15) is 17.7 Å². The van der Waals surface area contributed by atoms with Gasteiger partial charge in [-0.15, -0.1) is 0 Å². The second kappa shape index (κ2) is 6.18. The predicted molar refractivity (Wildman–Crippen MR) is 91.1 cm³/mol. The van der Waals surface area contributed by atoms with E-state index in [1.54, 1.807) is 6.20 Å². The van der Waals surface area contributed by atoms with Crippen LogP contribution in [0.15, 0.2) is 36.5 Å². The van der Waals surface area contributed by atoms with E-state index in [4.69, 9.17) is 10.5 Å². The number of fused-ring (bicyclic) bond motifs is 1. The highest BCUT2D eigenvalue weighted by atomic mass is 16.5. The first-order valence-corrected chi connectivity index (χ1v) is 8.04. The van der Waals surface area contributed by atoms with Crippen molar-refractivity contribution in [2.75, 3.05) is 25.4 Å². The maximum atomic E-state index is 6.08. The molecule has 1 aromatic carbocycles. The molecule has 0 bridgehead atoms. The summed E-state index contributed by atoms with van der Waals surface area (Å²) in [7, 11) is 1.94. The standard InChI is InChI=1S/C17H20N6O/c1-22-14(6-7-19-22)15-10-23(8-9-24-15)11-16-20-13-5-3-2-4-12(13)17(18)21-16/h2-7,15H,8-11H2,1H3,(H2,18,20,21). The van der Waals surface area contributed by atoms with Crippen LogP contribution in [0, 0.1) is 0 Å². The largest absolute Gasteiger partial charge is 0.383 e. The summed E-state index contributed by atoms with van der Waals surface area (Å²) in [5, 5.41) is 5.12. The average Bonchev–Trinajstić information content (AvgIpc) is 3.01. The number of hydrogen-bond acceptors (Lipinski definition) is 6. The van der Waals surface area contributed by atoms with Crippen LogP contribution in [0.2, 0.25) is 0 Å². The molecule has 3 heterocycles. The van der Waals surface area contributed by atoms with E-state index in [9.17, 15) is 0 Å². The number of benzene rings is 1.